The molecule has 0 aliphatic heterocycles. The highest BCUT2D eigenvalue weighted by atomic mass is 35.5. The van der Waals surface area contributed by atoms with Gasteiger partial charge in [0.15, 0.2) is 0 Å². The van der Waals surface area contributed by atoms with Gasteiger partial charge < -0.3 is 0 Å². The Balaban J connectivity index is 0. The molecule has 0 bridgehead atoms. The van der Waals surface area contributed by atoms with Crippen LogP contribution in [0, 0.1) is 0 Å². The van der Waals surface area contributed by atoms with E-state index in [1.807, 2.05) is 13.8 Å². The van der Waals surface area contributed by atoms with E-state index in [-0.39, 0.29) is 0 Å². The summed E-state index contributed by atoms with van der Waals surface area (Å²) < 4.78 is 0. The number of rotatable bonds is 0. The number of alkyl halides is 1. The second-order valence-electron chi connectivity index (χ2n) is 3.62. The van der Waals surface area contributed by atoms with Gasteiger partial charge in [0.05, 0.1) is 0 Å². The summed E-state index contributed by atoms with van der Waals surface area (Å²) >= 11 is 4.64. The second kappa shape index (κ2) is 9.08. The summed E-state index contributed by atoms with van der Waals surface area (Å²) in [5.74, 6) is 0. The average Bonchev–Trinajstić information content (AvgIpc) is 2.24. The molecular weight excluding hydrogens is 192 g/mol. The Hall–Kier alpha value is -0.490. The number of halogens is 1. The van der Waals surface area contributed by atoms with Crippen LogP contribution in [-0.4, -0.2) is 6.38 Å². The van der Waals surface area contributed by atoms with E-state index in [1.165, 1.54) is 11.9 Å². The minimum atomic E-state index is 0.293. The molecular formula is C13H23Cl. The van der Waals surface area contributed by atoms with Gasteiger partial charge in [-0.1, -0.05) is 65.0 Å². The van der Waals surface area contributed by atoms with Crippen molar-refractivity contribution in [3.63, 3.8) is 0 Å². The van der Waals surface area contributed by atoms with Crippen LogP contribution >= 0.6 is 11.6 Å². The van der Waals surface area contributed by atoms with Gasteiger partial charge in [-0.3, -0.25) is 0 Å². The highest BCUT2D eigenvalue weighted by Gasteiger charge is 2.11. The molecule has 0 saturated heterocycles. The van der Waals surface area contributed by atoms with Crippen molar-refractivity contribution in [2.45, 2.75) is 40.0 Å². The molecule has 0 heterocycles. The van der Waals surface area contributed by atoms with Crippen LogP contribution in [0.4, 0.5) is 0 Å². The van der Waals surface area contributed by atoms with Crippen molar-refractivity contribution in [1.29, 1.82) is 0 Å². The van der Waals surface area contributed by atoms with E-state index in [0.717, 1.165) is 0 Å². The lowest BCUT2D eigenvalue weighted by Gasteiger charge is -2.18. The van der Waals surface area contributed by atoms with E-state index in [4.69, 9.17) is 0 Å². The van der Waals surface area contributed by atoms with Crippen molar-refractivity contribution in [2.24, 2.45) is 0 Å². The van der Waals surface area contributed by atoms with E-state index >= 15 is 0 Å². The molecule has 14 heavy (non-hydrogen) atoms. The van der Waals surface area contributed by atoms with E-state index in [0.29, 0.717) is 5.41 Å². The molecule has 1 aromatic rings. The zero-order valence-electron chi connectivity index (χ0n) is 10.3. The van der Waals surface area contributed by atoms with E-state index < -0.39 is 0 Å². The summed E-state index contributed by atoms with van der Waals surface area (Å²) in [7, 11) is 0. The third-order valence-electron chi connectivity index (χ3n) is 1.64. The van der Waals surface area contributed by atoms with Gasteiger partial charge in [0.2, 0.25) is 0 Å². The first kappa shape index (κ1) is 16.0. The van der Waals surface area contributed by atoms with Gasteiger partial charge >= 0.3 is 0 Å². The molecule has 0 aliphatic carbocycles. The van der Waals surface area contributed by atoms with E-state index in [1.54, 1.807) is 0 Å². The average molecular weight is 215 g/mol. The lowest BCUT2D eigenvalue weighted by atomic mass is 9.87. The number of benzene rings is 1. The predicted octanol–water partition coefficient (Wildman–Crippen LogP) is 4.87. The molecule has 0 nitrogen and oxygen atoms in total. The highest BCUT2D eigenvalue weighted by molar-refractivity contribution is 6.15. The topological polar surface area (TPSA) is 0 Å². The van der Waals surface area contributed by atoms with Crippen LogP contribution < -0.4 is 0 Å². The summed E-state index contributed by atoms with van der Waals surface area (Å²) in [5.41, 5.74) is 1.69. The van der Waals surface area contributed by atoms with Gasteiger partial charge in [0.1, 0.15) is 0 Å². The van der Waals surface area contributed by atoms with Crippen molar-refractivity contribution in [2.75, 3.05) is 6.38 Å². The van der Waals surface area contributed by atoms with E-state index in [2.05, 4.69) is 62.7 Å². The molecule has 0 spiro atoms. The predicted molar refractivity (Wildman–Crippen MR) is 68.3 cm³/mol. The van der Waals surface area contributed by atoms with Gasteiger partial charge in [-0.25, -0.2) is 0 Å². The van der Waals surface area contributed by atoms with Crippen molar-refractivity contribution >= 4 is 11.6 Å². The van der Waals surface area contributed by atoms with Gasteiger partial charge in [-0.05, 0) is 11.0 Å². The van der Waals surface area contributed by atoms with Crippen molar-refractivity contribution in [3.8, 4) is 0 Å². The minimum Gasteiger partial charge on any atom is -0.130 e. The van der Waals surface area contributed by atoms with Gasteiger partial charge in [0, 0.05) is 6.38 Å². The Labute approximate surface area is 94.3 Å². The first-order valence-corrected chi connectivity index (χ1v) is 5.79. The van der Waals surface area contributed by atoms with Crippen molar-refractivity contribution in [3.05, 3.63) is 35.9 Å². The Bertz CT molecular complexity index is 196. The van der Waals surface area contributed by atoms with Crippen LogP contribution in [0.15, 0.2) is 30.3 Å². The monoisotopic (exact) mass is 214 g/mol. The normalized spacial score (nSPS) is 9.07. The van der Waals surface area contributed by atoms with Crippen LogP contribution in [0.5, 0.6) is 0 Å². The summed E-state index contributed by atoms with van der Waals surface area (Å²) in [4.78, 5) is 0. The fraction of sp³-hybridized carbons (Fsp3) is 0.538. The maximum Gasteiger partial charge on any atom is 0.0108 e. The molecule has 0 fully saturated rings. The fourth-order valence-corrected chi connectivity index (χ4v) is 0.938. The molecule has 0 aromatic heterocycles. The van der Waals surface area contributed by atoms with Crippen LogP contribution in [0.1, 0.15) is 40.2 Å². The largest absolute Gasteiger partial charge is 0.130 e. The fourth-order valence-electron chi connectivity index (χ4n) is 0.938. The smallest absolute Gasteiger partial charge is 0.0108 e. The third-order valence-corrected chi connectivity index (χ3v) is 1.64. The summed E-state index contributed by atoms with van der Waals surface area (Å²) in [6.07, 6.45) is 1.47. The molecule has 82 valence electrons. The first-order chi connectivity index (χ1) is 6.61. The van der Waals surface area contributed by atoms with E-state index in [9.17, 15) is 0 Å². The van der Waals surface area contributed by atoms with Crippen LogP contribution in [0.3, 0.4) is 0 Å². The molecule has 0 unspecified atom stereocenters. The molecule has 0 N–H and O–H groups in total. The van der Waals surface area contributed by atoms with Crippen LogP contribution in [-0.2, 0) is 5.41 Å². The van der Waals surface area contributed by atoms with Crippen molar-refractivity contribution in [1.82, 2.24) is 0 Å². The SMILES string of the molecule is CC.CC(C)(C)c1ccccc1.CCl. The van der Waals surface area contributed by atoms with Gasteiger partial charge in [-0.2, -0.15) is 0 Å². The molecule has 0 radical (unpaired) electrons. The zero-order valence-corrected chi connectivity index (χ0v) is 11.0. The molecule has 0 aliphatic rings. The maximum absolute atomic E-state index is 4.64. The van der Waals surface area contributed by atoms with Crippen molar-refractivity contribution < 1.29 is 0 Å². The minimum absolute atomic E-state index is 0.293. The maximum atomic E-state index is 4.64. The van der Waals surface area contributed by atoms with Gasteiger partial charge in [0.25, 0.3) is 0 Å². The molecule has 1 rings (SSSR count). The molecule has 1 heteroatoms. The molecule has 0 atom stereocenters. The molecule has 1 aromatic carbocycles. The van der Waals surface area contributed by atoms with Gasteiger partial charge in [-0.15, -0.1) is 11.6 Å². The highest BCUT2D eigenvalue weighted by Crippen LogP contribution is 2.20. The summed E-state index contributed by atoms with van der Waals surface area (Å²) in [6.45, 7) is 10.7. The molecule has 0 amide bonds. The number of hydrogen-bond donors (Lipinski definition) is 0. The Morgan fingerprint density at radius 2 is 1.21 bits per heavy atom. The lowest BCUT2D eigenvalue weighted by molar-refractivity contribution is 0.590. The Morgan fingerprint density at radius 1 is 0.857 bits per heavy atom. The Kier molecular flexibility index (Phi) is 10.4. The lowest BCUT2D eigenvalue weighted by Crippen LogP contribution is -2.10. The summed E-state index contributed by atoms with van der Waals surface area (Å²) in [6, 6.07) is 10.6. The third kappa shape index (κ3) is 6.97. The molecule has 0 saturated carbocycles. The Morgan fingerprint density at radius 3 is 1.43 bits per heavy atom. The van der Waals surface area contributed by atoms with Crippen LogP contribution in [0.2, 0.25) is 0 Å². The first-order valence-electron chi connectivity index (χ1n) is 5.04. The quantitative estimate of drug-likeness (QED) is 0.541. The zero-order chi connectivity index (χ0) is 11.6. The second-order valence-corrected chi connectivity index (χ2v) is 3.62. The number of hydrogen-bond acceptors (Lipinski definition) is 0. The van der Waals surface area contributed by atoms with Crippen LogP contribution in [0.25, 0.3) is 0 Å². The standard InChI is InChI=1S/C10H14.C2H6.CH3Cl/c1-10(2,3)9-7-5-4-6-8-9;2*1-2/h4-8H,1-3H3;1-2H3;1H3. The summed E-state index contributed by atoms with van der Waals surface area (Å²) in [5, 5.41) is 0.